The molecule has 1 aliphatic carbocycles. The van der Waals surface area contributed by atoms with Crippen molar-refractivity contribution < 1.29 is 28.8 Å². The van der Waals surface area contributed by atoms with Crippen molar-refractivity contribution in [3.8, 4) is 0 Å². The third-order valence-electron chi connectivity index (χ3n) is 3.90. The van der Waals surface area contributed by atoms with E-state index >= 15 is 0 Å². The predicted octanol–water partition coefficient (Wildman–Crippen LogP) is 3.85. The molecule has 0 amide bonds. The highest BCUT2D eigenvalue weighted by atomic mass is 16.7. The molecule has 0 heterocycles. The lowest BCUT2D eigenvalue weighted by atomic mass is 9.99. The van der Waals surface area contributed by atoms with Crippen molar-refractivity contribution in [3.63, 3.8) is 0 Å². The van der Waals surface area contributed by atoms with Crippen molar-refractivity contribution in [2.75, 3.05) is 33.7 Å². The van der Waals surface area contributed by atoms with Crippen LogP contribution in [0.2, 0.25) is 0 Å². The second-order valence-electron chi connectivity index (χ2n) is 9.39. The van der Waals surface area contributed by atoms with Crippen molar-refractivity contribution in [1.82, 2.24) is 5.32 Å². The molecule has 0 fully saturated rings. The summed E-state index contributed by atoms with van der Waals surface area (Å²) in [6, 6.07) is 0. The van der Waals surface area contributed by atoms with Crippen molar-refractivity contribution in [3.05, 3.63) is 40.9 Å². The molecule has 0 aromatic rings. The van der Waals surface area contributed by atoms with Gasteiger partial charge in [-0.3, -0.25) is 0 Å². The molecule has 0 spiro atoms. The van der Waals surface area contributed by atoms with Gasteiger partial charge in [0.2, 0.25) is 0 Å². The zero-order valence-corrected chi connectivity index (χ0v) is 19.3. The SMILES string of the molecule is COC(=O)OC1=C(\COCOCC(C)(C)C)C=C=C(C(O)CNC(C)(C)C)C/C=C\1. The molecule has 7 heteroatoms. The summed E-state index contributed by atoms with van der Waals surface area (Å²) in [6.45, 7) is 13.6. The monoisotopic (exact) mass is 423 g/mol. The maximum atomic E-state index is 11.6. The standard InChI is InChI=1S/C23H37NO6/c1-22(2,3)15-29-16-28-14-18-12-11-17(19(25)13-24-23(4,5)6)9-8-10-20(18)30-21(26)27-7/h8,10,12,19,24-25H,9,13-16H2,1-7H3/b10-8-,20-18-. The zero-order chi connectivity index (χ0) is 22.8. The molecular formula is C23H37NO6. The Morgan fingerprint density at radius 1 is 1.23 bits per heavy atom. The molecule has 1 rings (SSSR count). The maximum Gasteiger partial charge on any atom is 0.513 e. The first-order valence-corrected chi connectivity index (χ1v) is 10.1. The van der Waals surface area contributed by atoms with Crippen molar-refractivity contribution in [1.29, 1.82) is 0 Å². The van der Waals surface area contributed by atoms with Gasteiger partial charge in [-0.15, -0.1) is 5.73 Å². The van der Waals surface area contributed by atoms with Crippen LogP contribution < -0.4 is 5.32 Å². The lowest BCUT2D eigenvalue weighted by molar-refractivity contribution is -0.0674. The topological polar surface area (TPSA) is 86.3 Å². The van der Waals surface area contributed by atoms with Gasteiger partial charge in [-0.1, -0.05) is 26.8 Å². The van der Waals surface area contributed by atoms with Gasteiger partial charge in [0.15, 0.2) is 0 Å². The van der Waals surface area contributed by atoms with Gasteiger partial charge in [0, 0.05) is 23.2 Å². The van der Waals surface area contributed by atoms with Gasteiger partial charge in [0.25, 0.3) is 0 Å². The van der Waals surface area contributed by atoms with E-state index in [0.717, 1.165) is 5.57 Å². The molecule has 1 unspecified atom stereocenters. The summed E-state index contributed by atoms with van der Waals surface area (Å²) in [4.78, 5) is 11.6. The Labute approximate surface area is 180 Å². The number of aliphatic hydroxyl groups is 1. The molecule has 0 saturated carbocycles. The molecule has 0 bridgehead atoms. The van der Waals surface area contributed by atoms with E-state index in [4.69, 9.17) is 14.2 Å². The van der Waals surface area contributed by atoms with Crippen LogP contribution in [0.5, 0.6) is 0 Å². The fourth-order valence-corrected chi connectivity index (χ4v) is 2.37. The third kappa shape index (κ3) is 11.3. The van der Waals surface area contributed by atoms with Gasteiger partial charge >= 0.3 is 6.16 Å². The Balaban J connectivity index is 2.93. The number of rotatable bonds is 9. The highest BCUT2D eigenvalue weighted by molar-refractivity contribution is 5.62. The third-order valence-corrected chi connectivity index (χ3v) is 3.90. The number of β-amino-alcohol motifs (C(OH)–C–C–N with tert-alkyl or cyclic N) is 1. The van der Waals surface area contributed by atoms with Crippen LogP contribution in [0.1, 0.15) is 48.0 Å². The predicted molar refractivity (Wildman–Crippen MR) is 116 cm³/mol. The average Bonchev–Trinajstić information content (AvgIpc) is 2.62. The number of methoxy groups -OCH3 is 1. The summed E-state index contributed by atoms with van der Waals surface area (Å²) in [5, 5.41) is 13.8. The van der Waals surface area contributed by atoms with Crippen LogP contribution in [-0.2, 0) is 18.9 Å². The number of carbonyl (C=O) groups excluding carboxylic acids is 1. The summed E-state index contributed by atoms with van der Waals surface area (Å²) in [6.07, 6.45) is 4.12. The van der Waals surface area contributed by atoms with Gasteiger partial charge in [-0.25, -0.2) is 4.79 Å². The molecule has 0 saturated heterocycles. The Bertz CT molecular complexity index is 687. The normalized spacial score (nSPS) is 19.5. The van der Waals surface area contributed by atoms with Crippen molar-refractivity contribution in [2.24, 2.45) is 5.41 Å². The van der Waals surface area contributed by atoms with E-state index in [2.05, 4.69) is 36.6 Å². The highest BCUT2D eigenvalue weighted by Crippen LogP contribution is 2.18. The van der Waals surface area contributed by atoms with E-state index in [0.29, 0.717) is 30.9 Å². The van der Waals surface area contributed by atoms with Gasteiger partial charge in [0.05, 0.1) is 26.4 Å². The maximum absolute atomic E-state index is 11.6. The van der Waals surface area contributed by atoms with Crippen LogP contribution in [0.15, 0.2) is 40.9 Å². The fraction of sp³-hybridized carbons (Fsp3) is 0.652. The molecular weight excluding hydrogens is 386 g/mol. The van der Waals surface area contributed by atoms with Crippen molar-refractivity contribution >= 4 is 6.16 Å². The zero-order valence-electron chi connectivity index (χ0n) is 19.3. The summed E-state index contributed by atoms with van der Waals surface area (Å²) in [5.74, 6) is 0.312. The number of hydrogen-bond donors (Lipinski definition) is 2. The minimum atomic E-state index is -0.816. The number of aliphatic hydroxyl groups excluding tert-OH is 1. The first kappa shape index (κ1) is 26.1. The molecule has 1 atom stereocenters. The largest absolute Gasteiger partial charge is 0.513 e. The van der Waals surface area contributed by atoms with Crippen LogP contribution in [0.3, 0.4) is 0 Å². The van der Waals surface area contributed by atoms with Crippen LogP contribution in [0.25, 0.3) is 0 Å². The Morgan fingerprint density at radius 2 is 1.93 bits per heavy atom. The second-order valence-corrected chi connectivity index (χ2v) is 9.39. The lowest BCUT2D eigenvalue weighted by Gasteiger charge is -2.23. The van der Waals surface area contributed by atoms with E-state index in [1.165, 1.54) is 7.11 Å². The van der Waals surface area contributed by atoms with Gasteiger partial charge in [-0.2, -0.15) is 0 Å². The number of carbonyl (C=O) groups is 1. The summed E-state index contributed by atoms with van der Waals surface area (Å²) in [5.41, 5.74) is 4.38. The van der Waals surface area contributed by atoms with Crippen LogP contribution in [0.4, 0.5) is 4.79 Å². The van der Waals surface area contributed by atoms with E-state index in [1.54, 1.807) is 12.2 Å². The molecule has 0 aliphatic heterocycles. The van der Waals surface area contributed by atoms with E-state index in [9.17, 15) is 9.90 Å². The van der Waals surface area contributed by atoms with Crippen LogP contribution in [-0.4, -0.2) is 56.6 Å². The fourth-order valence-electron chi connectivity index (χ4n) is 2.37. The summed E-state index contributed by atoms with van der Waals surface area (Å²) in [7, 11) is 1.25. The number of ether oxygens (including phenoxy) is 4. The van der Waals surface area contributed by atoms with Gasteiger partial charge in [-0.05, 0) is 44.8 Å². The molecule has 2 N–H and O–H groups in total. The van der Waals surface area contributed by atoms with Crippen LogP contribution in [0, 0.1) is 5.41 Å². The number of allylic oxidation sites excluding steroid dienone is 2. The van der Waals surface area contributed by atoms with Gasteiger partial charge in [0.1, 0.15) is 12.6 Å². The summed E-state index contributed by atoms with van der Waals surface area (Å²) >= 11 is 0. The molecule has 0 aromatic heterocycles. The van der Waals surface area contributed by atoms with Crippen molar-refractivity contribution in [2.45, 2.75) is 59.6 Å². The second kappa shape index (κ2) is 12.1. The molecule has 1 aliphatic rings. The minimum absolute atomic E-state index is 0.0412. The van der Waals surface area contributed by atoms with E-state index in [1.807, 2.05) is 26.8 Å². The smallest absolute Gasteiger partial charge is 0.437 e. The van der Waals surface area contributed by atoms with Gasteiger partial charge < -0.3 is 29.4 Å². The van der Waals surface area contributed by atoms with E-state index in [-0.39, 0.29) is 24.4 Å². The Kier molecular flexibility index (Phi) is 10.5. The molecule has 0 aromatic carbocycles. The molecule has 170 valence electrons. The quantitative estimate of drug-likeness (QED) is 0.252. The molecule has 30 heavy (non-hydrogen) atoms. The van der Waals surface area contributed by atoms with Crippen LogP contribution >= 0.6 is 0 Å². The molecule has 0 radical (unpaired) electrons. The Morgan fingerprint density at radius 3 is 2.53 bits per heavy atom. The highest BCUT2D eigenvalue weighted by Gasteiger charge is 2.17. The van der Waals surface area contributed by atoms with E-state index < -0.39 is 12.3 Å². The molecule has 7 nitrogen and oxygen atoms in total. The minimum Gasteiger partial charge on any atom is -0.437 e. The average molecular weight is 424 g/mol. The Hall–Kier alpha value is -1.89. The summed E-state index contributed by atoms with van der Waals surface area (Å²) < 4.78 is 21.0. The lowest BCUT2D eigenvalue weighted by Crippen LogP contribution is -2.41. The number of nitrogens with one attached hydrogen (secondary N) is 1. The first-order chi connectivity index (χ1) is 13.9. The number of hydrogen-bond acceptors (Lipinski definition) is 7. The first-order valence-electron chi connectivity index (χ1n) is 10.1.